The molecule has 2 aliphatic heterocycles. The number of ether oxygens (including phenoxy) is 3. The molecule has 0 radical (unpaired) electrons. The van der Waals surface area contributed by atoms with Crippen LogP contribution in [-0.2, 0) is 23.7 Å². The van der Waals surface area contributed by atoms with Crippen LogP contribution in [0.1, 0.15) is 58.8 Å². The monoisotopic (exact) mass is 628 g/mol. The van der Waals surface area contributed by atoms with Gasteiger partial charge in [0.1, 0.15) is 24.9 Å². The minimum absolute atomic E-state index is 0.0435. The molecule has 0 amide bonds. The van der Waals surface area contributed by atoms with E-state index in [4.69, 9.17) is 18.9 Å². The third-order valence-electron chi connectivity index (χ3n) is 12.4. The molecule has 0 bridgehead atoms. The van der Waals surface area contributed by atoms with Gasteiger partial charge in [0, 0.05) is 30.3 Å². The van der Waals surface area contributed by atoms with Gasteiger partial charge in [-0.1, -0.05) is 6.92 Å². The van der Waals surface area contributed by atoms with E-state index in [1.54, 1.807) is 0 Å². The smallest absolute Gasteiger partial charge is 0.458 e. The van der Waals surface area contributed by atoms with Gasteiger partial charge in [-0.3, -0.25) is 0 Å². The first kappa shape index (κ1) is 32.7. The number of carbonyl (C=O) groups is 1. The summed E-state index contributed by atoms with van der Waals surface area (Å²) in [6.07, 6.45) is -7.63. The molecule has 0 aromatic carbocycles. The van der Waals surface area contributed by atoms with Crippen molar-refractivity contribution in [2.45, 2.75) is 119 Å². The van der Waals surface area contributed by atoms with Gasteiger partial charge in [-0.05, 0) is 56.4 Å². The van der Waals surface area contributed by atoms with Crippen molar-refractivity contribution in [3.63, 3.8) is 0 Å². The van der Waals surface area contributed by atoms with E-state index in [1.807, 2.05) is 6.92 Å². The van der Waals surface area contributed by atoms with Crippen molar-refractivity contribution in [1.82, 2.24) is 0 Å². The minimum Gasteiger partial charge on any atom is -0.458 e. The molecule has 0 aromatic rings. The Bertz CT molecular complexity index is 1160. The lowest BCUT2D eigenvalue weighted by atomic mass is 9.40. The second kappa shape index (κ2) is 11.2. The Morgan fingerprint density at radius 2 is 1.77 bits per heavy atom. The standard InChI is InChI=1S/C29H45BO14/c1-13-22(35)23(36)24(37)25(42-13)43-15-8-19(33)28(12-31)21-17(3-5-27(28,38)9-15)29(44-30(39)40)6-4-16(14-7-20(34)41-11-14)26(29,2)10-18(21)32/h7,13,15-19,21-25,31-33,35-40H,3-6,8-12H2,1-2H3/t13-,15-,16+,17+,18+,19+,21+,22-,23+,24+,25-,26+,27-,28+,29-/m0/s1. The molecule has 0 aromatic heterocycles. The van der Waals surface area contributed by atoms with Crippen molar-refractivity contribution in [2.24, 2.45) is 28.6 Å². The van der Waals surface area contributed by atoms with Gasteiger partial charge in [0.15, 0.2) is 6.29 Å². The molecular formula is C29H45BO14. The van der Waals surface area contributed by atoms with Gasteiger partial charge in [0.25, 0.3) is 0 Å². The third-order valence-corrected chi connectivity index (χ3v) is 12.4. The molecule has 9 N–H and O–H groups in total. The maximum absolute atomic E-state index is 12.3. The van der Waals surface area contributed by atoms with Crippen LogP contribution >= 0.6 is 0 Å². The fourth-order valence-electron chi connectivity index (χ4n) is 10.5. The number of rotatable bonds is 6. The highest BCUT2D eigenvalue weighted by atomic mass is 16.7. The molecule has 6 aliphatic rings. The molecule has 6 rings (SSSR count). The quantitative estimate of drug-likeness (QED) is 0.0839. The summed E-state index contributed by atoms with van der Waals surface area (Å²) >= 11 is 0. The van der Waals surface area contributed by atoms with Crippen LogP contribution < -0.4 is 0 Å². The number of hydrogen-bond donors (Lipinski definition) is 9. The van der Waals surface area contributed by atoms with Crippen LogP contribution in [0.15, 0.2) is 11.6 Å². The molecule has 5 fully saturated rings. The SMILES string of the molecule is C[C@@H]1O[C@@H](O[C@H]2C[C@@H](O)[C@]3(CO)[C@H]4[C@H](O)C[C@]5(C)[C@@H](C6=CC(=O)OC6)CC[C@]5(OB(O)O)[C@@H]4CC[C@]3(O)C2)[C@H](O)[C@H](O)[C@H]1O. The molecule has 1 saturated heterocycles. The lowest BCUT2D eigenvalue weighted by Crippen LogP contribution is -2.76. The Kier molecular flexibility index (Phi) is 8.33. The molecule has 15 atom stereocenters. The van der Waals surface area contributed by atoms with Gasteiger partial charge in [0.2, 0.25) is 0 Å². The summed E-state index contributed by atoms with van der Waals surface area (Å²) < 4.78 is 22.7. The van der Waals surface area contributed by atoms with Gasteiger partial charge < -0.3 is 64.7 Å². The largest absolute Gasteiger partial charge is 0.634 e. The number of cyclic esters (lactones) is 1. The van der Waals surface area contributed by atoms with E-state index in [2.05, 4.69) is 0 Å². The number of carbonyl (C=O) groups excluding carboxylic acids is 1. The van der Waals surface area contributed by atoms with Crippen molar-refractivity contribution >= 4 is 13.3 Å². The Morgan fingerprint density at radius 1 is 1.05 bits per heavy atom. The summed E-state index contributed by atoms with van der Waals surface area (Å²) in [5.74, 6) is -2.28. The molecule has 14 nitrogen and oxygen atoms in total. The van der Waals surface area contributed by atoms with Crippen LogP contribution in [0.5, 0.6) is 0 Å². The van der Waals surface area contributed by atoms with Crippen LogP contribution in [0.4, 0.5) is 0 Å². The van der Waals surface area contributed by atoms with E-state index in [0.29, 0.717) is 12.8 Å². The van der Waals surface area contributed by atoms with E-state index in [0.717, 1.165) is 5.57 Å². The summed E-state index contributed by atoms with van der Waals surface area (Å²) in [5, 5.41) is 98.2. The Morgan fingerprint density at radius 3 is 2.41 bits per heavy atom. The van der Waals surface area contributed by atoms with Crippen LogP contribution in [-0.4, -0.2) is 133 Å². The van der Waals surface area contributed by atoms with E-state index < -0.39 is 103 Å². The van der Waals surface area contributed by atoms with Gasteiger partial charge in [-0.15, -0.1) is 0 Å². The number of fused-ring (bicyclic) bond motifs is 5. The van der Waals surface area contributed by atoms with Crippen molar-refractivity contribution in [3.8, 4) is 0 Å². The summed E-state index contributed by atoms with van der Waals surface area (Å²) in [4.78, 5) is 12.0. The molecule has 0 unspecified atom stereocenters. The van der Waals surface area contributed by atoms with E-state index >= 15 is 0 Å². The predicted octanol–water partition coefficient (Wildman–Crippen LogP) is -2.52. The molecule has 0 spiro atoms. The van der Waals surface area contributed by atoms with Gasteiger partial charge in [0.05, 0.1) is 47.6 Å². The summed E-state index contributed by atoms with van der Waals surface area (Å²) in [5.41, 5.74) is -4.79. The second-order valence-corrected chi connectivity index (χ2v) is 14.2. The lowest BCUT2D eigenvalue weighted by molar-refractivity contribution is -0.341. The first-order valence-electron chi connectivity index (χ1n) is 15.6. The molecular weight excluding hydrogens is 583 g/mol. The number of esters is 1. The van der Waals surface area contributed by atoms with Crippen molar-refractivity contribution < 1.29 is 69.5 Å². The Labute approximate surface area is 255 Å². The summed E-state index contributed by atoms with van der Waals surface area (Å²) in [6, 6.07) is 0. The fraction of sp³-hybridized carbons (Fsp3) is 0.897. The zero-order valence-corrected chi connectivity index (χ0v) is 24.9. The van der Waals surface area contributed by atoms with Gasteiger partial charge >= 0.3 is 13.3 Å². The molecule has 4 aliphatic carbocycles. The van der Waals surface area contributed by atoms with Crippen LogP contribution in [0.2, 0.25) is 0 Å². The first-order chi connectivity index (χ1) is 20.6. The number of hydrogen-bond acceptors (Lipinski definition) is 14. The van der Waals surface area contributed by atoms with Crippen LogP contribution in [0, 0.1) is 28.6 Å². The Hall–Kier alpha value is -1.21. The van der Waals surface area contributed by atoms with Gasteiger partial charge in [-0.25, -0.2) is 4.79 Å². The molecule has 2 heterocycles. The predicted molar refractivity (Wildman–Crippen MR) is 148 cm³/mol. The maximum atomic E-state index is 12.3. The van der Waals surface area contributed by atoms with E-state index in [1.165, 1.54) is 13.0 Å². The highest BCUT2D eigenvalue weighted by Gasteiger charge is 2.76. The zero-order valence-electron chi connectivity index (χ0n) is 24.9. The highest BCUT2D eigenvalue weighted by molar-refractivity contribution is 6.32. The maximum Gasteiger partial charge on any atom is 0.634 e. The van der Waals surface area contributed by atoms with Crippen molar-refractivity contribution in [2.75, 3.05) is 13.2 Å². The first-order valence-corrected chi connectivity index (χ1v) is 15.6. The number of aliphatic hydroxyl groups excluding tert-OH is 6. The molecule has 15 heteroatoms. The number of aliphatic hydroxyl groups is 7. The second-order valence-electron chi connectivity index (χ2n) is 14.2. The average molecular weight is 628 g/mol. The molecule has 248 valence electrons. The normalized spacial score (nSPS) is 53.8. The lowest BCUT2D eigenvalue weighted by Gasteiger charge is -2.69. The van der Waals surface area contributed by atoms with E-state index in [-0.39, 0.29) is 44.6 Å². The average Bonchev–Trinajstić information content (AvgIpc) is 3.49. The summed E-state index contributed by atoms with van der Waals surface area (Å²) in [6.45, 7) is 2.81. The minimum atomic E-state index is -2.16. The highest BCUT2D eigenvalue weighted by Crippen LogP contribution is 2.71. The fourth-order valence-corrected chi connectivity index (χ4v) is 10.5. The van der Waals surface area contributed by atoms with Crippen LogP contribution in [0.3, 0.4) is 0 Å². The van der Waals surface area contributed by atoms with Crippen LogP contribution in [0.25, 0.3) is 0 Å². The zero-order chi connectivity index (χ0) is 32.0. The summed E-state index contributed by atoms with van der Waals surface area (Å²) in [7, 11) is -2.16. The third kappa shape index (κ3) is 4.50. The molecule has 44 heavy (non-hydrogen) atoms. The van der Waals surface area contributed by atoms with Gasteiger partial charge in [-0.2, -0.15) is 0 Å². The molecule has 4 saturated carbocycles. The topological polar surface area (TPSA) is 236 Å². The van der Waals surface area contributed by atoms with E-state index in [9.17, 15) is 50.6 Å². The Balaban J connectivity index is 1.33. The van der Waals surface area contributed by atoms with Crippen molar-refractivity contribution in [3.05, 3.63) is 11.6 Å². The van der Waals surface area contributed by atoms with Crippen molar-refractivity contribution in [1.29, 1.82) is 0 Å².